The topological polar surface area (TPSA) is 61.4 Å². The molecule has 2 heterocycles. The molecule has 0 aliphatic carbocycles. The molecule has 2 atom stereocenters. The molecule has 1 aromatic carbocycles. The Hall–Kier alpha value is -1.26. The van der Waals surface area contributed by atoms with E-state index in [1.165, 1.54) is 38.0 Å². The van der Waals surface area contributed by atoms with Crippen LogP contribution >= 0.6 is 24.0 Å². The molecule has 0 spiro atoms. The summed E-state index contributed by atoms with van der Waals surface area (Å²) in [6, 6.07) is 6.53. The Labute approximate surface area is 211 Å². The fourth-order valence-electron chi connectivity index (χ4n) is 4.62. The van der Waals surface area contributed by atoms with Crippen LogP contribution in [0.4, 0.5) is 0 Å². The van der Waals surface area contributed by atoms with Crippen molar-refractivity contribution >= 4 is 29.9 Å². The van der Waals surface area contributed by atoms with Crippen LogP contribution < -0.4 is 20.1 Å². The van der Waals surface area contributed by atoms with E-state index in [1.54, 1.807) is 14.2 Å². The van der Waals surface area contributed by atoms with E-state index < -0.39 is 0 Å². The first-order valence-electron chi connectivity index (χ1n) is 11.8. The molecule has 182 valence electrons. The molecule has 7 nitrogen and oxygen atoms in total. The van der Waals surface area contributed by atoms with Gasteiger partial charge >= 0.3 is 0 Å². The molecule has 0 aromatic heterocycles. The van der Waals surface area contributed by atoms with Gasteiger partial charge in [0.1, 0.15) is 11.5 Å². The Morgan fingerprint density at radius 3 is 2.41 bits per heavy atom. The molecule has 2 aliphatic rings. The van der Waals surface area contributed by atoms with Crippen molar-refractivity contribution in [3.63, 3.8) is 0 Å². The van der Waals surface area contributed by atoms with Crippen molar-refractivity contribution in [2.45, 2.75) is 45.7 Å². The summed E-state index contributed by atoms with van der Waals surface area (Å²) in [5.74, 6) is 3.33. The number of halogens is 1. The number of guanidine groups is 1. The molecule has 2 aliphatic heterocycles. The Balaban J connectivity index is 0.00000363. The number of methoxy groups -OCH3 is 2. The Kier molecular flexibility index (Phi) is 11.9. The lowest BCUT2D eigenvalue weighted by Gasteiger charge is -2.20. The number of ether oxygens (including phenoxy) is 2. The summed E-state index contributed by atoms with van der Waals surface area (Å²) in [7, 11) is 3.39. The number of nitrogens with one attached hydrogen (secondary N) is 2. The summed E-state index contributed by atoms with van der Waals surface area (Å²) in [5, 5.41) is 7.11. The lowest BCUT2D eigenvalue weighted by molar-refractivity contribution is 0.321. The molecule has 2 unspecified atom stereocenters. The third-order valence-corrected chi connectivity index (χ3v) is 6.19. The highest BCUT2D eigenvalue weighted by molar-refractivity contribution is 14.0. The molecule has 0 bridgehead atoms. The largest absolute Gasteiger partial charge is 0.497 e. The minimum atomic E-state index is 0. The highest BCUT2D eigenvalue weighted by Gasteiger charge is 2.25. The second kappa shape index (κ2) is 14.1. The summed E-state index contributed by atoms with van der Waals surface area (Å²) in [6.45, 7) is 12.8. The second-order valence-corrected chi connectivity index (χ2v) is 8.76. The first-order chi connectivity index (χ1) is 15.1. The van der Waals surface area contributed by atoms with Crippen molar-refractivity contribution < 1.29 is 9.47 Å². The lowest BCUT2D eigenvalue weighted by atomic mass is 10.1. The van der Waals surface area contributed by atoms with E-state index >= 15 is 0 Å². The van der Waals surface area contributed by atoms with Gasteiger partial charge in [-0.15, -0.1) is 24.0 Å². The van der Waals surface area contributed by atoms with Gasteiger partial charge in [-0.1, -0.05) is 6.92 Å². The number of aliphatic imine (C=N–C) groups is 1. The van der Waals surface area contributed by atoms with Gasteiger partial charge in [0.25, 0.3) is 0 Å². The third kappa shape index (κ3) is 8.26. The summed E-state index contributed by atoms with van der Waals surface area (Å²) in [6.07, 6.45) is 3.63. The van der Waals surface area contributed by atoms with Crippen molar-refractivity contribution in [2.24, 2.45) is 10.9 Å². The van der Waals surface area contributed by atoms with Crippen LogP contribution in [-0.2, 0) is 6.54 Å². The highest BCUT2D eigenvalue weighted by atomic mass is 127. The standard InChI is InChI=1S/C24H41N5O2.HI/c1-5-9-28-10-7-19(16-28)15-26-24(25-6-2)27-21-8-11-29(18-21)17-20-12-22(30-3)14-23(13-20)31-4;/h12-14,19,21H,5-11,15-18H2,1-4H3,(H2,25,26,27);1H. The van der Waals surface area contributed by atoms with Crippen LogP contribution in [0.3, 0.4) is 0 Å². The molecule has 1 aromatic rings. The maximum atomic E-state index is 5.41. The number of rotatable bonds is 10. The number of nitrogens with zero attached hydrogens (tertiary/aromatic N) is 3. The molecular formula is C24H42IN5O2. The van der Waals surface area contributed by atoms with E-state index in [9.17, 15) is 0 Å². The van der Waals surface area contributed by atoms with Gasteiger partial charge in [0.2, 0.25) is 0 Å². The van der Waals surface area contributed by atoms with Gasteiger partial charge in [-0.25, -0.2) is 0 Å². The zero-order valence-electron chi connectivity index (χ0n) is 20.2. The average Bonchev–Trinajstić information content (AvgIpc) is 3.41. The summed E-state index contributed by atoms with van der Waals surface area (Å²) < 4.78 is 10.8. The molecule has 2 N–H and O–H groups in total. The van der Waals surface area contributed by atoms with Crippen LogP contribution in [-0.4, -0.2) is 81.8 Å². The first kappa shape index (κ1) is 27.0. The van der Waals surface area contributed by atoms with Crippen LogP contribution in [0.2, 0.25) is 0 Å². The van der Waals surface area contributed by atoms with E-state index in [0.717, 1.165) is 56.6 Å². The Morgan fingerprint density at radius 2 is 1.75 bits per heavy atom. The number of hydrogen-bond donors (Lipinski definition) is 2. The molecule has 0 radical (unpaired) electrons. The fraction of sp³-hybridized carbons (Fsp3) is 0.708. The summed E-state index contributed by atoms with van der Waals surface area (Å²) in [4.78, 5) is 9.98. The van der Waals surface area contributed by atoms with Crippen molar-refractivity contribution in [1.82, 2.24) is 20.4 Å². The predicted molar refractivity (Wildman–Crippen MR) is 143 cm³/mol. The quantitative estimate of drug-likeness (QED) is 0.261. The highest BCUT2D eigenvalue weighted by Crippen LogP contribution is 2.24. The van der Waals surface area contributed by atoms with Gasteiger partial charge in [0, 0.05) is 51.4 Å². The SMILES string of the molecule is CCCN1CCC(CN=C(NCC)NC2CCN(Cc3cc(OC)cc(OC)c3)C2)C1.I. The molecule has 0 amide bonds. The smallest absolute Gasteiger partial charge is 0.191 e. The van der Waals surface area contributed by atoms with E-state index in [0.29, 0.717) is 12.0 Å². The average molecular weight is 560 g/mol. The van der Waals surface area contributed by atoms with E-state index in [1.807, 2.05) is 6.07 Å². The minimum Gasteiger partial charge on any atom is -0.497 e. The van der Waals surface area contributed by atoms with Crippen molar-refractivity contribution in [2.75, 3.05) is 60.0 Å². The molecule has 32 heavy (non-hydrogen) atoms. The van der Waals surface area contributed by atoms with Crippen molar-refractivity contribution in [1.29, 1.82) is 0 Å². The van der Waals surface area contributed by atoms with Crippen molar-refractivity contribution in [3.05, 3.63) is 23.8 Å². The maximum absolute atomic E-state index is 5.41. The van der Waals surface area contributed by atoms with Gasteiger partial charge in [0.05, 0.1) is 14.2 Å². The molecule has 0 saturated carbocycles. The summed E-state index contributed by atoms with van der Waals surface area (Å²) in [5.41, 5.74) is 1.22. The lowest BCUT2D eigenvalue weighted by Crippen LogP contribution is -2.44. The summed E-state index contributed by atoms with van der Waals surface area (Å²) >= 11 is 0. The van der Waals surface area contributed by atoms with Crippen LogP contribution in [0, 0.1) is 5.92 Å². The van der Waals surface area contributed by atoms with Gasteiger partial charge in [-0.2, -0.15) is 0 Å². The van der Waals surface area contributed by atoms with Crippen LogP contribution in [0.15, 0.2) is 23.2 Å². The number of likely N-dealkylation sites (tertiary alicyclic amines) is 2. The second-order valence-electron chi connectivity index (χ2n) is 8.76. The molecular weight excluding hydrogens is 517 g/mol. The van der Waals surface area contributed by atoms with E-state index in [-0.39, 0.29) is 24.0 Å². The number of benzene rings is 1. The van der Waals surface area contributed by atoms with Gasteiger partial charge in [0.15, 0.2) is 5.96 Å². The van der Waals surface area contributed by atoms with Crippen LogP contribution in [0.5, 0.6) is 11.5 Å². The molecule has 2 fully saturated rings. The van der Waals surface area contributed by atoms with E-state index in [2.05, 4.69) is 46.4 Å². The molecule has 2 saturated heterocycles. The first-order valence-corrected chi connectivity index (χ1v) is 11.8. The van der Waals surface area contributed by atoms with Gasteiger partial charge in [-0.05, 0) is 62.9 Å². The normalized spacial score (nSPS) is 21.9. The maximum Gasteiger partial charge on any atom is 0.191 e. The Morgan fingerprint density at radius 1 is 1.03 bits per heavy atom. The molecule has 3 rings (SSSR count). The Bertz CT molecular complexity index is 695. The fourth-order valence-corrected chi connectivity index (χ4v) is 4.62. The monoisotopic (exact) mass is 559 g/mol. The zero-order valence-corrected chi connectivity index (χ0v) is 22.6. The number of hydrogen-bond acceptors (Lipinski definition) is 5. The minimum absolute atomic E-state index is 0. The van der Waals surface area contributed by atoms with E-state index in [4.69, 9.17) is 14.5 Å². The predicted octanol–water partition coefficient (Wildman–Crippen LogP) is 3.18. The van der Waals surface area contributed by atoms with Crippen LogP contribution in [0.1, 0.15) is 38.7 Å². The zero-order chi connectivity index (χ0) is 22.1. The van der Waals surface area contributed by atoms with Crippen molar-refractivity contribution in [3.8, 4) is 11.5 Å². The molecule has 8 heteroatoms. The third-order valence-electron chi connectivity index (χ3n) is 6.19. The van der Waals surface area contributed by atoms with Gasteiger partial charge in [-0.3, -0.25) is 9.89 Å². The van der Waals surface area contributed by atoms with Gasteiger partial charge < -0.3 is 25.0 Å². The van der Waals surface area contributed by atoms with Crippen LogP contribution in [0.25, 0.3) is 0 Å².